The van der Waals surface area contributed by atoms with Gasteiger partial charge in [0.05, 0.1) is 0 Å². The summed E-state index contributed by atoms with van der Waals surface area (Å²) >= 11 is 5.78. The third-order valence-corrected chi connectivity index (χ3v) is 3.54. The number of halogens is 1. The van der Waals surface area contributed by atoms with Gasteiger partial charge in [0.15, 0.2) is 0 Å². The highest BCUT2D eigenvalue weighted by atomic mass is 35.5. The molecule has 0 atom stereocenters. The molecule has 0 saturated heterocycles. The summed E-state index contributed by atoms with van der Waals surface area (Å²) < 4.78 is 0. The average molecular weight is 240 g/mol. The van der Waals surface area contributed by atoms with E-state index in [0.29, 0.717) is 11.2 Å². The number of hydrogen-bond donors (Lipinski definition) is 2. The van der Waals surface area contributed by atoms with Crippen molar-refractivity contribution in [3.05, 3.63) is 29.8 Å². The molecule has 0 unspecified atom stereocenters. The summed E-state index contributed by atoms with van der Waals surface area (Å²) in [7, 11) is 0. The number of benzene rings is 1. The van der Waals surface area contributed by atoms with Gasteiger partial charge in [0.2, 0.25) is 0 Å². The Labute approximate surface area is 102 Å². The van der Waals surface area contributed by atoms with Crippen molar-refractivity contribution in [1.82, 2.24) is 5.32 Å². The molecule has 2 N–H and O–H groups in total. The molecule has 1 fully saturated rings. The fourth-order valence-electron chi connectivity index (χ4n) is 1.98. The monoisotopic (exact) mass is 239 g/mol. The predicted octanol–water partition coefficient (Wildman–Crippen LogP) is 2.89. The van der Waals surface area contributed by atoms with E-state index in [-0.39, 0.29) is 0 Å². The van der Waals surface area contributed by atoms with Crippen molar-refractivity contribution in [1.29, 1.82) is 0 Å². The molecule has 0 radical (unpaired) electrons. The number of rotatable bonds is 6. The summed E-state index contributed by atoms with van der Waals surface area (Å²) in [6.07, 6.45) is 3.74. The molecule has 1 aliphatic rings. The minimum absolute atomic E-state index is 0.324. The molecule has 0 aromatic heterocycles. The summed E-state index contributed by atoms with van der Waals surface area (Å²) in [5.41, 5.74) is 1.69. The minimum atomic E-state index is 0.324. The Bertz CT molecular complexity index is 332. The van der Waals surface area contributed by atoms with Gasteiger partial charge in [-0.15, -0.1) is 11.6 Å². The maximum absolute atomic E-state index is 9.16. The molecule has 2 nitrogen and oxygen atoms in total. The molecule has 0 heterocycles. The summed E-state index contributed by atoms with van der Waals surface area (Å²) in [6.45, 7) is 1.92. The SMILES string of the molecule is Oc1ccc(CNCC2(CCCl)CC2)cc1. The van der Waals surface area contributed by atoms with E-state index in [9.17, 15) is 0 Å². The van der Waals surface area contributed by atoms with Crippen molar-refractivity contribution in [2.24, 2.45) is 5.41 Å². The quantitative estimate of drug-likeness (QED) is 0.749. The van der Waals surface area contributed by atoms with Crippen molar-refractivity contribution in [2.75, 3.05) is 12.4 Å². The van der Waals surface area contributed by atoms with E-state index in [1.165, 1.54) is 18.4 Å². The Hall–Kier alpha value is -0.730. The highest BCUT2D eigenvalue weighted by Gasteiger charge is 2.40. The maximum atomic E-state index is 9.16. The van der Waals surface area contributed by atoms with E-state index in [2.05, 4.69) is 5.32 Å². The smallest absolute Gasteiger partial charge is 0.115 e. The van der Waals surface area contributed by atoms with Crippen LogP contribution in [0.25, 0.3) is 0 Å². The van der Waals surface area contributed by atoms with Gasteiger partial charge < -0.3 is 10.4 Å². The lowest BCUT2D eigenvalue weighted by molar-refractivity contribution is 0.445. The zero-order valence-corrected chi connectivity index (χ0v) is 10.1. The fraction of sp³-hybridized carbons (Fsp3) is 0.538. The first-order valence-corrected chi connectivity index (χ1v) is 6.32. The lowest BCUT2D eigenvalue weighted by Gasteiger charge is -2.14. The van der Waals surface area contributed by atoms with Gasteiger partial charge in [0.25, 0.3) is 0 Å². The third kappa shape index (κ3) is 3.13. The zero-order chi connectivity index (χ0) is 11.4. The van der Waals surface area contributed by atoms with Crippen LogP contribution in [0.15, 0.2) is 24.3 Å². The third-order valence-electron chi connectivity index (χ3n) is 3.35. The van der Waals surface area contributed by atoms with E-state index >= 15 is 0 Å². The van der Waals surface area contributed by atoms with Gasteiger partial charge in [-0.2, -0.15) is 0 Å². The molecule has 0 bridgehead atoms. The highest BCUT2D eigenvalue weighted by Crippen LogP contribution is 2.48. The lowest BCUT2D eigenvalue weighted by Crippen LogP contribution is -2.23. The van der Waals surface area contributed by atoms with E-state index in [0.717, 1.165) is 25.4 Å². The van der Waals surface area contributed by atoms with Crippen LogP contribution in [0.5, 0.6) is 5.75 Å². The number of phenols is 1. The van der Waals surface area contributed by atoms with E-state index in [1.54, 1.807) is 12.1 Å². The normalized spacial score (nSPS) is 17.3. The van der Waals surface area contributed by atoms with Gasteiger partial charge in [-0.25, -0.2) is 0 Å². The Morgan fingerprint density at radius 3 is 2.50 bits per heavy atom. The summed E-state index contributed by atoms with van der Waals surface area (Å²) in [4.78, 5) is 0. The average Bonchev–Trinajstić information content (AvgIpc) is 3.02. The standard InChI is InChI=1S/C13H18ClNO/c14-8-7-13(5-6-13)10-15-9-11-1-3-12(16)4-2-11/h1-4,15-16H,5-10H2. The summed E-state index contributed by atoms with van der Waals surface area (Å²) in [6, 6.07) is 7.35. The van der Waals surface area contributed by atoms with Gasteiger partial charge >= 0.3 is 0 Å². The largest absolute Gasteiger partial charge is 0.508 e. The topological polar surface area (TPSA) is 32.3 Å². The van der Waals surface area contributed by atoms with Gasteiger partial charge in [0.1, 0.15) is 5.75 Å². The molecule has 1 saturated carbocycles. The number of aromatic hydroxyl groups is 1. The minimum Gasteiger partial charge on any atom is -0.508 e. The van der Waals surface area contributed by atoms with Crippen LogP contribution in [0.3, 0.4) is 0 Å². The molecule has 1 aliphatic carbocycles. The van der Waals surface area contributed by atoms with Crippen LogP contribution in [0.2, 0.25) is 0 Å². The van der Waals surface area contributed by atoms with Crippen molar-refractivity contribution < 1.29 is 5.11 Å². The van der Waals surface area contributed by atoms with Crippen molar-refractivity contribution in [3.63, 3.8) is 0 Å². The first kappa shape index (κ1) is 11.7. The van der Waals surface area contributed by atoms with E-state index in [1.807, 2.05) is 12.1 Å². The van der Waals surface area contributed by atoms with Crippen LogP contribution in [0.1, 0.15) is 24.8 Å². The van der Waals surface area contributed by atoms with Gasteiger partial charge in [-0.3, -0.25) is 0 Å². The van der Waals surface area contributed by atoms with Crippen molar-refractivity contribution in [2.45, 2.75) is 25.8 Å². The molecule has 0 amide bonds. The van der Waals surface area contributed by atoms with Gasteiger partial charge in [0, 0.05) is 19.0 Å². The second-order valence-electron chi connectivity index (χ2n) is 4.71. The molecule has 3 heteroatoms. The van der Waals surface area contributed by atoms with Gasteiger partial charge in [-0.05, 0) is 42.4 Å². The molecule has 1 aromatic rings. The Balaban J connectivity index is 1.74. The van der Waals surface area contributed by atoms with Crippen LogP contribution in [0.4, 0.5) is 0 Å². The molecular weight excluding hydrogens is 222 g/mol. The van der Waals surface area contributed by atoms with E-state index < -0.39 is 0 Å². The molecular formula is C13H18ClNO. The van der Waals surface area contributed by atoms with Crippen LogP contribution < -0.4 is 5.32 Å². The number of hydrogen-bond acceptors (Lipinski definition) is 2. The molecule has 1 aromatic carbocycles. The first-order valence-electron chi connectivity index (χ1n) is 5.79. The number of alkyl halides is 1. The number of phenolic OH excluding ortho intramolecular Hbond substituents is 1. The zero-order valence-electron chi connectivity index (χ0n) is 9.38. The van der Waals surface area contributed by atoms with Crippen molar-refractivity contribution in [3.8, 4) is 5.75 Å². The van der Waals surface area contributed by atoms with Crippen LogP contribution >= 0.6 is 11.6 Å². The van der Waals surface area contributed by atoms with Crippen molar-refractivity contribution >= 4 is 11.6 Å². The molecule has 2 rings (SSSR count). The summed E-state index contributed by atoms with van der Waals surface area (Å²) in [5, 5.41) is 12.6. The maximum Gasteiger partial charge on any atom is 0.115 e. The second-order valence-corrected chi connectivity index (χ2v) is 5.09. The molecule has 0 spiro atoms. The fourth-order valence-corrected chi connectivity index (χ4v) is 2.38. The van der Waals surface area contributed by atoms with Crippen LogP contribution in [0, 0.1) is 5.41 Å². The Kier molecular flexibility index (Phi) is 3.72. The predicted molar refractivity (Wildman–Crippen MR) is 66.8 cm³/mol. The molecule has 88 valence electrons. The first-order chi connectivity index (χ1) is 7.74. The lowest BCUT2D eigenvalue weighted by atomic mass is 10.0. The Morgan fingerprint density at radius 1 is 1.25 bits per heavy atom. The van der Waals surface area contributed by atoms with Crippen LogP contribution in [-0.2, 0) is 6.54 Å². The van der Waals surface area contributed by atoms with E-state index in [4.69, 9.17) is 16.7 Å². The van der Waals surface area contributed by atoms with Gasteiger partial charge in [-0.1, -0.05) is 12.1 Å². The number of nitrogens with one attached hydrogen (secondary N) is 1. The summed E-state index contributed by atoms with van der Waals surface area (Å²) in [5.74, 6) is 1.09. The second kappa shape index (κ2) is 5.07. The molecule has 16 heavy (non-hydrogen) atoms. The van der Waals surface area contributed by atoms with Crippen LogP contribution in [-0.4, -0.2) is 17.5 Å². The highest BCUT2D eigenvalue weighted by molar-refractivity contribution is 6.17. The molecule has 0 aliphatic heterocycles. The Morgan fingerprint density at radius 2 is 1.94 bits per heavy atom.